The third-order valence-electron chi connectivity index (χ3n) is 2.79. The Balaban J connectivity index is 2.34. The van der Waals surface area contributed by atoms with Crippen LogP contribution >= 0.6 is 0 Å². The SMILES string of the molecule is Cc1c(/C=N\c2ccccc2)cccc1C(F)(F)F. The van der Waals surface area contributed by atoms with Gasteiger partial charge in [0, 0.05) is 6.21 Å². The summed E-state index contributed by atoms with van der Waals surface area (Å²) in [7, 11) is 0. The summed E-state index contributed by atoms with van der Waals surface area (Å²) in [6.07, 6.45) is -2.87. The first-order chi connectivity index (χ1) is 8.98. The molecule has 0 bridgehead atoms. The van der Waals surface area contributed by atoms with Crippen LogP contribution in [0, 0.1) is 6.92 Å². The Labute approximate surface area is 109 Å². The maximum Gasteiger partial charge on any atom is 0.416 e. The van der Waals surface area contributed by atoms with Crippen LogP contribution in [0.25, 0.3) is 0 Å². The Hall–Kier alpha value is -2.10. The highest BCUT2D eigenvalue weighted by Crippen LogP contribution is 2.32. The minimum Gasteiger partial charge on any atom is -0.256 e. The summed E-state index contributed by atoms with van der Waals surface area (Å²) in [5.74, 6) is 0. The van der Waals surface area contributed by atoms with Gasteiger partial charge in [0.05, 0.1) is 11.3 Å². The fourth-order valence-electron chi connectivity index (χ4n) is 1.76. The van der Waals surface area contributed by atoms with Gasteiger partial charge in [-0.25, -0.2) is 0 Å². The highest BCUT2D eigenvalue weighted by atomic mass is 19.4. The molecule has 0 aromatic heterocycles. The molecule has 0 radical (unpaired) electrons. The van der Waals surface area contributed by atoms with E-state index in [4.69, 9.17) is 0 Å². The zero-order valence-electron chi connectivity index (χ0n) is 10.3. The van der Waals surface area contributed by atoms with Crippen LogP contribution in [0.4, 0.5) is 18.9 Å². The van der Waals surface area contributed by atoms with Gasteiger partial charge in [-0.2, -0.15) is 13.2 Å². The van der Waals surface area contributed by atoms with E-state index >= 15 is 0 Å². The van der Waals surface area contributed by atoms with Gasteiger partial charge < -0.3 is 0 Å². The average molecular weight is 263 g/mol. The summed E-state index contributed by atoms with van der Waals surface area (Å²) in [6, 6.07) is 13.2. The monoisotopic (exact) mass is 263 g/mol. The third-order valence-corrected chi connectivity index (χ3v) is 2.79. The maximum atomic E-state index is 12.7. The molecule has 0 amide bonds. The lowest BCUT2D eigenvalue weighted by molar-refractivity contribution is -0.138. The molecule has 0 N–H and O–H groups in total. The second-order valence-electron chi connectivity index (χ2n) is 4.11. The Morgan fingerprint density at radius 2 is 1.63 bits per heavy atom. The molecule has 4 heteroatoms. The zero-order valence-corrected chi connectivity index (χ0v) is 10.3. The van der Waals surface area contributed by atoms with Gasteiger partial charge in [-0.15, -0.1) is 0 Å². The molecule has 0 aliphatic rings. The maximum absolute atomic E-state index is 12.7. The topological polar surface area (TPSA) is 12.4 Å². The van der Waals surface area contributed by atoms with Gasteiger partial charge in [0.1, 0.15) is 0 Å². The second-order valence-corrected chi connectivity index (χ2v) is 4.11. The van der Waals surface area contributed by atoms with Crippen LogP contribution in [-0.2, 0) is 6.18 Å². The summed E-state index contributed by atoms with van der Waals surface area (Å²) in [4.78, 5) is 4.17. The van der Waals surface area contributed by atoms with Crippen molar-refractivity contribution in [2.24, 2.45) is 4.99 Å². The molecule has 2 aromatic rings. The molecule has 0 heterocycles. The Morgan fingerprint density at radius 1 is 0.947 bits per heavy atom. The molecular weight excluding hydrogens is 251 g/mol. The smallest absolute Gasteiger partial charge is 0.256 e. The van der Waals surface area contributed by atoms with Crippen molar-refractivity contribution in [1.82, 2.24) is 0 Å². The predicted molar refractivity (Wildman–Crippen MR) is 69.9 cm³/mol. The zero-order chi connectivity index (χ0) is 13.9. The van der Waals surface area contributed by atoms with Gasteiger partial charge in [0.2, 0.25) is 0 Å². The Kier molecular flexibility index (Phi) is 3.69. The molecule has 19 heavy (non-hydrogen) atoms. The van der Waals surface area contributed by atoms with Crippen molar-refractivity contribution in [3.05, 3.63) is 65.2 Å². The normalized spacial score (nSPS) is 12.0. The van der Waals surface area contributed by atoms with Crippen LogP contribution in [0.5, 0.6) is 0 Å². The average Bonchev–Trinajstić information content (AvgIpc) is 2.37. The van der Waals surface area contributed by atoms with E-state index in [0.717, 1.165) is 6.07 Å². The lowest BCUT2D eigenvalue weighted by Gasteiger charge is -2.11. The highest BCUT2D eigenvalue weighted by molar-refractivity contribution is 5.84. The molecule has 0 atom stereocenters. The van der Waals surface area contributed by atoms with E-state index in [2.05, 4.69) is 4.99 Å². The molecule has 0 unspecified atom stereocenters. The summed E-state index contributed by atoms with van der Waals surface area (Å²) < 4.78 is 38.2. The van der Waals surface area contributed by atoms with Crippen molar-refractivity contribution in [3.63, 3.8) is 0 Å². The van der Waals surface area contributed by atoms with E-state index in [1.165, 1.54) is 19.2 Å². The van der Waals surface area contributed by atoms with Gasteiger partial charge in [-0.1, -0.05) is 30.3 Å². The van der Waals surface area contributed by atoms with E-state index < -0.39 is 11.7 Å². The van der Waals surface area contributed by atoms with Crippen molar-refractivity contribution in [3.8, 4) is 0 Å². The molecule has 0 spiro atoms. The first-order valence-electron chi connectivity index (χ1n) is 5.74. The first kappa shape index (κ1) is 13.3. The summed E-state index contributed by atoms with van der Waals surface area (Å²) in [5, 5.41) is 0. The quantitative estimate of drug-likeness (QED) is 0.692. The summed E-state index contributed by atoms with van der Waals surface area (Å²) >= 11 is 0. The van der Waals surface area contributed by atoms with E-state index in [9.17, 15) is 13.2 Å². The van der Waals surface area contributed by atoms with Crippen molar-refractivity contribution in [2.45, 2.75) is 13.1 Å². The first-order valence-corrected chi connectivity index (χ1v) is 5.74. The minimum absolute atomic E-state index is 0.190. The van der Waals surface area contributed by atoms with Crippen molar-refractivity contribution < 1.29 is 13.2 Å². The van der Waals surface area contributed by atoms with Gasteiger partial charge in [-0.05, 0) is 36.2 Å². The molecular formula is C15H12F3N. The second kappa shape index (κ2) is 5.26. The standard InChI is InChI=1S/C15H12F3N/c1-11-12(6-5-9-14(11)15(16,17)18)10-19-13-7-3-2-4-8-13/h2-10H,1H3/b19-10-. The highest BCUT2D eigenvalue weighted by Gasteiger charge is 2.32. The fraction of sp³-hybridized carbons (Fsp3) is 0.133. The van der Waals surface area contributed by atoms with Crippen molar-refractivity contribution >= 4 is 11.9 Å². The lowest BCUT2D eigenvalue weighted by atomic mass is 10.0. The van der Waals surface area contributed by atoms with E-state index in [0.29, 0.717) is 11.3 Å². The third kappa shape index (κ3) is 3.22. The molecule has 2 aromatic carbocycles. The Morgan fingerprint density at radius 3 is 2.26 bits per heavy atom. The summed E-state index contributed by atoms with van der Waals surface area (Å²) in [6.45, 7) is 1.45. The Bertz CT molecular complexity index is 586. The van der Waals surface area contributed by atoms with Crippen molar-refractivity contribution in [2.75, 3.05) is 0 Å². The number of benzene rings is 2. The number of nitrogens with zero attached hydrogens (tertiary/aromatic N) is 1. The van der Waals surface area contributed by atoms with Crippen LogP contribution in [0.3, 0.4) is 0 Å². The molecule has 0 fully saturated rings. The van der Waals surface area contributed by atoms with Gasteiger partial charge in [-0.3, -0.25) is 4.99 Å². The molecule has 2 rings (SSSR count). The van der Waals surface area contributed by atoms with Crippen LogP contribution in [-0.4, -0.2) is 6.21 Å². The number of halogens is 3. The lowest BCUT2D eigenvalue weighted by Crippen LogP contribution is -2.08. The van der Waals surface area contributed by atoms with Crippen LogP contribution in [0.1, 0.15) is 16.7 Å². The van der Waals surface area contributed by atoms with Gasteiger partial charge in [0.25, 0.3) is 0 Å². The van der Waals surface area contributed by atoms with Crippen LogP contribution in [0.15, 0.2) is 53.5 Å². The molecule has 98 valence electrons. The van der Waals surface area contributed by atoms with Crippen LogP contribution in [0.2, 0.25) is 0 Å². The van der Waals surface area contributed by atoms with Crippen LogP contribution < -0.4 is 0 Å². The number of para-hydroxylation sites is 1. The number of hydrogen-bond donors (Lipinski definition) is 0. The molecule has 0 aliphatic heterocycles. The molecule has 0 saturated carbocycles. The number of hydrogen-bond acceptors (Lipinski definition) is 1. The van der Waals surface area contributed by atoms with E-state index in [-0.39, 0.29) is 5.56 Å². The molecule has 0 saturated heterocycles. The minimum atomic E-state index is -4.33. The molecule has 1 nitrogen and oxygen atoms in total. The van der Waals surface area contributed by atoms with Crippen molar-refractivity contribution in [1.29, 1.82) is 0 Å². The van der Waals surface area contributed by atoms with Gasteiger partial charge >= 0.3 is 6.18 Å². The fourth-order valence-corrected chi connectivity index (χ4v) is 1.76. The predicted octanol–water partition coefficient (Wildman–Crippen LogP) is 4.76. The van der Waals surface area contributed by atoms with E-state index in [1.54, 1.807) is 18.2 Å². The summed E-state index contributed by atoms with van der Waals surface area (Å²) in [5.41, 5.74) is 0.747. The largest absolute Gasteiger partial charge is 0.416 e. The van der Waals surface area contributed by atoms with E-state index in [1.807, 2.05) is 18.2 Å². The molecule has 0 aliphatic carbocycles. The number of aliphatic imine (C=N–C) groups is 1. The van der Waals surface area contributed by atoms with Gasteiger partial charge in [0.15, 0.2) is 0 Å². The number of rotatable bonds is 2. The number of alkyl halides is 3.